The van der Waals surface area contributed by atoms with Crippen molar-refractivity contribution >= 4 is 11.9 Å². The van der Waals surface area contributed by atoms with Gasteiger partial charge in [0.15, 0.2) is 0 Å². The molecule has 0 aliphatic carbocycles. The molecule has 1 rings (SSSR count). The average Bonchev–Trinajstić information content (AvgIpc) is 2.44. The standard InChI is InChI=1S/C14H20N2O4/c1-20-9-11(15)14(19)16-12(7-8-13(17)18)10-5-3-2-4-6-10/h2-6,11-12H,7-9,15H2,1H3,(H,16,19)(H,17,18). The van der Waals surface area contributed by atoms with Crippen molar-refractivity contribution in [1.29, 1.82) is 0 Å². The van der Waals surface area contributed by atoms with E-state index in [1.807, 2.05) is 30.3 Å². The molecular weight excluding hydrogens is 260 g/mol. The van der Waals surface area contributed by atoms with Crippen LogP contribution in [-0.4, -0.2) is 36.7 Å². The largest absolute Gasteiger partial charge is 0.481 e. The number of ether oxygens (including phenoxy) is 1. The molecule has 0 saturated carbocycles. The molecule has 0 aliphatic rings. The number of nitrogens with two attached hydrogens (primary N) is 1. The Hall–Kier alpha value is -1.92. The van der Waals surface area contributed by atoms with Crippen LogP contribution in [0.5, 0.6) is 0 Å². The number of hydrogen-bond acceptors (Lipinski definition) is 4. The van der Waals surface area contributed by atoms with E-state index in [0.29, 0.717) is 6.42 Å². The molecule has 20 heavy (non-hydrogen) atoms. The Morgan fingerprint density at radius 1 is 1.35 bits per heavy atom. The van der Waals surface area contributed by atoms with Crippen molar-refractivity contribution in [2.24, 2.45) is 5.73 Å². The van der Waals surface area contributed by atoms with Crippen LogP contribution in [0, 0.1) is 0 Å². The topological polar surface area (TPSA) is 102 Å². The average molecular weight is 280 g/mol. The molecule has 6 heteroatoms. The maximum atomic E-state index is 11.9. The summed E-state index contributed by atoms with van der Waals surface area (Å²) in [7, 11) is 1.46. The second-order valence-electron chi connectivity index (χ2n) is 4.47. The van der Waals surface area contributed by atoms with Gasteiger partial charge in [-0.3, -0.25) is 9.59 Å². The molecule has 0 heterocycles. The Kier molecular flexibility index (Phi) is 6.69. The van der Waals surface area contributed by atoms with Gasteiger partial charge in [-0.15, -0.1) is 0 Å². The SMILES string of the molecule is COCC(N)C(=O)NC(CCC(=O)O)c1ccccc1. The van der Waals surface area contributed by atoms with Gasteiger partial charge in [-0.25, -0.2) is 0 Å². The van der Waals surface area contributed by atoms with E-state index in [9.17, 15) is 9.59 Å². The minimum atomic E-state index is -0.902. The number of benzene rings is 1. The van der Waals surface area contributed by atoms with Gasteiger partial charge in [-0.2, -0.15) is 0 Å². The molecule has 0 radical (unpaired) electrons. The molecule has 2 unspecified atom stereocenters. The Labute approximate surface area is 117 Å². The molecule has 4 N–H and O–H groups in total. The van der Waals surface area contributed by atoms with Crippen LogP contribution in [0.3, 0.4) is 0 Å². The number of carbonyl (C=O) groups is 2. The Morgan fingerprint density at radius 3 is 2.55 bits per heavy atom. The molecule has 0 aliphatic heterocycles. The second kappa shape index (κ2) is 8.29. The Bertz CT molecular complexity index is 436. The van der Waals surface area contributed by atoms with Gasteiger partial charge in [-0.05, 0) is 12.0 Å². The number of carbonyl (C=O) groups excluding carboxylic acids is 1. The molecular formula is C14H20N2O4. The number of hydrogen-bond donors (Lipinski definition) is 3. The summed E-state index contributed by atoms with van der Waals surface area (Å²) in [5.74, 6) is -1.26. The van der Waals surface area contributed by atoms with Crippen molar-refractivity contribution < 1.29 is 19.4 Å². The van der Waals surface area contributed by atoms with Gasteiger partial charge in [0, 0.05) is 13.5 Å². The summed E-state index contributed by atoms with van der Waals surface area (Å²) >= 11 is 0. The Morgan fingerprint density at radius 2 is 2.00 bits per heavy atom. The second-order valence-corrected chi connectivity index (χ2v) is 4.47. The molecule has 0 spiro atoms. The molecule has 0 bridgehead atoms. The molecule has 1 aromatic carbocycles. The van der Waals surface area contributed by atoms with Crippen molar-refractivity contribution in [3.8, 4) is 0 Å². The zero-order chi connectivity index (χ0) is 15.0. The first-order valence-electron chi connectivity index (χ1n) is 6.36. The van der Waals surface area contributed by atoms with Gasteiger partial charge < -0.3 is 20.9 Å². The lowest BCUT2D eigenvalue weighted by molar-refractivity contribution is -0.137. The van der Waals surface area contributed by atoms with Gasteiger partial charge in [0.25, 0.3) is 0 Å². The summed E-state index contributed by atoms with van der Waals surface area (Å²) in [5, 5.41) is 11.5. The fraction of sp³-hybridized carbons (Fsp3) is 0.429. The third-order valence-electron chi connectivity index (χ3n) is 2.85. The van der Waals surface area contributed by atoms with E-state index in [0.717, 1.165) is 5.56 Å². The van der Waals surface area contributed by atoms with Crippen LogP contribution in [0.2, 0.25) is 0 Å². The highest BCUT2D eigenvalue weighted by Crippen LogP contribution is 2.18. The minimum Gasteiger partial charge on any atom is -0.481 e. The van der Waals surface area contributed by atoms with Gasteiger partial charge in [0.05, 0.1) is 12.6 Å². The minimum absolute atomic E-state index is 0.0284. The van der Waals surface area contributed by atoms with Crippen LogP contribution >= 0.6 is 0 Å². The third kappa shape index (κ3) is 5.38. The number of methoxy groups -OCH3 is 1. The van der Waals surface area contributed by atoms with Crippen LogP contribution in [0.15, 0.2) is 30.3 Å². The number of nitrogens with one attached hydrogen (secondary N) is 1. The van der Waals surface area contributed by atoms with E-state index >= 15 is 0 Å². The van der Waals surface area contributed by atoms with Crippen LogP contribution in [0.4, 0.5) is 0 Å². The van der Waals surface area contributed by atoms with Crippen molar-refractivity contribution in [2.75, 3.05) is 13.7 Å². The van der Waals surface area contributed by atoms with E-state index in [1.54, 1.807) is 0 Å². The summed E-state index contributed by atoms with van der Waals surface area (Å²) in [6.07, 6.45) is 0.282. The lowest BCUT2D eigenvalue weighted by Gasteiger charge is -2.20. The lowest BCUT2D eigenvalue weighted by Crippen LogP contribution is -2.44. The predicted octanol–water partition coefficient (Wildman–Crippen LogP) is 0.682. The fourth-order valence-electron chi connectivity index (χ4n) is 1.81. The third-order valence-corrected chi connectivity index (χ3v) is 2.85. The molecule has 2 atom stereocenters. The van der Waals surface area contributed by atoms with E-state index in [4.69, 9.17) is 15.6 Å². The van der Waals surface area contributed by atoms with Crippen molar-refractivity contribution in [3.63, 3.8) is 0 Å². The summed E-state index contributed by atoms with van der Waals surface area (Å²) in [6, 6.07) is 8.08. The zero-order valence-electron chi connectivity index (χ0n) is 11.4. The molecule has 1 aromatic rings. The van der Waals surface area contributed by atoms with E-state index in [2.05, 4.69) is 5.32 Å². The van der Waals surface area contributed by atoms with Gasteiger partial charge in [0.2, 0.25) is 5.91 Å². The number of aliphatic carboxylic acids is 1. The predicted molar refractivity (Wildman–Crippen MR) is 74.0 cm³/mol. The van der Waals surface area contributed by atoms with Crippen LogP contribution in [0.1, 0.15) is 24.4 Å². The maximum absolute atomic E-state index is 11.9. The smallest absolute Gasteiger partial charge is 0.303 e. The van der Waals surface area contributed by atoms with Crippen molar-refractivity contribution in [2.45, 2.75) is 24.9 Å². The van der Waals surface area contributed by atoms with E-state index in [-0.39, 0.29) is 25.0 Å². The first-order chi connectivity index (χ1) is 9.54. The normalized spacial score (nSPS) is 13.5. The first kappa shape index (κ1) is 16.1. The molecule has 110 valence electrons. The molecule has 6 nitrogen and oxygen atoms in total. The highest BCUT2D eigenvalue weighted by molar-refractivity contribution is 5.82. The van der Waals surface area contributed by atoms with Crippen molar-refractivity contribution in [3.05, 3.63) is 35.9 Å². The Balaban J connectivity index is 2.72. The number of carboxylic acids is 1. The summed E-state index contributed by atoms with van der Waals surface area (Å²) in [4.78, 5) is 22.6. The van der Waals surface area contributed by atoms with Gasteiger partial charge in [0.1, 0.15) is 6.04 Å². The summed E-state index contributed by atoms with van der Waals surface area (Å²) < 4.78 is 4.83. The summed E-state index contributed by atoms with van der Waals surface area (Å²) in [6.45, 7) is 0.117. The highest BCUT2D eigenvalue weighted by atomic mass is 16.5. The first-order valence-corrected chi connectivity index (χ1v) is 6.36. The zero-order valence-corrected chi connectivity index (χ0v) is 11.4. The van der Waals surface area contributed by atoms with Crippen molar-refractivity contribution in [1.82, 2.24) is 5.32 Å². The highest BCUT2D eigenvalue weighted by Gasteiger charge is 2.19. The van der Waals surface area contributed by atoms with Gasteiger partial charge in [-0.1, -0.05) is 30.3 Å². The molecule has 0 fully saturated rings. The van der Waals surface area contributed by atoms with Crippen LogP contribution in [-0.2, 0) is 14.3 Å². The number of amides is 1. The van der Waals surface area contributed by atoms with Crippen LogP contribution in [0.25, 0.3) is 0 Å². The molecule has 0 aromatic heterocycles. The molecule has 1 amide bonds. The summed E-state index contributed by atoms with van der Waals surface area (Å²) in [5.41, 5.74) is 6.51. The van der Waals surface area contributed by atoms with E-state index < -0.39 is 12.0 Å². The van der Waals surface area contributed by atoms with E-state index in [1.165, 1.54) is 7.11 Å². The maximum Gasteiger partial charge on any atom is 0.303 e. The number of rotatable bonds is 8. The van der Waals surface area contributed by atoms with Crippen LogP contribution < -0.4 is 11.1 Å². The quantitative estimate of drug-likeness (QED) is 0.650. The van der Waals surface area contributed by atoms with Gasteiger partial charge >= 0.3 is 5.97 Å². The monoisotopic (exact) mass is 280 g/mol. The fourth-order valence-corrected chi connectivity index (χ4v) is 1.81. The number of carboxylic acid groups (broad SMARTS) is 1. The lowest BCUT2D eigenvalue weighted by atomic mass is 10.0. The molecule has 0 saturated heterocycles.